The van der Waals surface area contributed by atoms with Crippen LogP contribution in [-0.4, -0.2) is 29.7 Å². The van der Waals surface area contributed by atoms with Gasteiger partial charge in [0.2, 0.25) is 10.0 Å². The van der Waals surface area contributed by atoms with E-state index in [0.29, 0.717) is 29.5 Å². The zero-order valence-corrected chi connectivity index (χ0v) is 22.5. The molecule has 4 aromatic carbocycles. The summed E-state index contributed by atoms with van der Waals surface area (Å²) in [5.41, 5.74) is 2.09. The van der Waals surface area contributed by atoms with Crippen molar-refractivity contribution >= 4 is 26.7 Å². The van der Waals surface area contributed by atoms with Crippen LogP contribution >= 0.6 is 0 Å². The van der Waals surface area contributed by atoms with Crippen LogP contribution in [0.4, 0.5) is 23.4 Å². The number of aromatic nitrogens is 2. The second-order valence-electron chi connectivity index (χ2n) is 9.39. The van der Waals surface area contributed by atoms with Crippen molar-refractivity contribution in [2.75, 3.05) is 12.4 Å². The summed E-state index contributed by atoms with van der Waals surface area (Å²) in [6.45, 7) is 0.156. The molecule has 0 radical (unpaired) electrons. The molecule has 0 unspecified atom stereocenters. The smallest absolute Gasteiger partial charge is 0.365 e. The number of rotatable bonds is 8. The summed E-state index contributed by atoms with van der Waals surface area (Å²) in [6, 6.07) is 23.1. The van der Waals surface area contributed by atoms with Crippen molar-refractivity contribution in [2.24, 2.45) is 0 Å². The Kier molecular flexibility index (Phi) is 7.74. The van der Waals surface area contributed by atoms with Gasteiger partial charge in [-0.3, -0.25) is 0 Å². The zero-order chi connectivity index (χ0) is 29.2. The predicted octanol–water partition coefficient (Wildman–Crippen LogP) is 6.89. The van der Waals surface area contributed by atoms with Crippen molar-refractivity contribution in [2.45, 2.75) is 24.2 Å². The van der Waals surface area contributed by atoms with Crippen molar-refractivity contribution in [3.8, 4) is 11.1 Å². The van der Waals surface area contributed by atoms with Gasteiger partial charge in [-0.15, -0.1) is 0 Å². The van der Waals surface area contributed by atoms with Crippen molar-refractivity contribution in [3.63, 3.8) is 0 Å². The number of fused-ring (bicyclic) bond motifs is 1. The molecule has 1 N–H and O–H groups in total. The maximum Gasteiger partial charge on any atom is 0.416 e. The Hall–Kier alpha value is -4.35. The van der Waals surface area contributed by atoms with Gasteiger partial charge in [0.05, 0.1) is 16.0 Å². The minimum Gasteiger partial charge on any atom is -0.365 e. The number of hydrogen-bond acceptors (Lipinski definition) is 5. The first-order valence-corrected chi connectivity index (χ1v) is 13.9. The lowest BCUT2D eigenvalue weighted by Gasteiger charge is -2.19. The fraction of sp³-hybridized carbons (Fsp3) is 0.133. The average Bonchev–Trinajstić information content (AvgIpc) is 2.97. The number of benzene rings is 4. The summed E-state index contributed by atoms with van der Waals surface area (Å²) < 4.78 is 81.2. The predicted molar refractivity (Wildman–Crippen MR) is 149 cm³/mol. The number of nitrogens with zero attached hydrogens (tertiary/aromatic N) is 3. The van der Waals surface area contributed by atoms with E-state index in [1.165, 1.54) is 25.5 Å². The number of alkyl halides is 3. The molecular formula is C30H24F4N4O2S. The topological polar surface area (TPSA) is 75.2 Å². The van der Waals surface area contributed by atoms with E-state index in [2.05, 4.69) is 15.3 Å². The van der Waals surface area contributed by atoms with E-state index >= 15 is 0 Å². The van der Waals surface area contributed by atoms with Crippen molar-refractivity contribution < 1.29 is 26.0 Å². The van der Waals surface area contributed by atoms with Crippen LogP contribution in [0, 0.1) is 5.82 Å². The van der Waals surface area contributed by atoms with Crippen LogP contribution in [0.5, 0.6) is 0 Å². The van der Waals surface area contributed by atoms with E-state index in [4.69, 9.17) is 0 Å². The third-order valence-corrected chi connectivity index (χ3v) is 8.38. The average molecular weight is 581 g/mol. The third-order valence-electron chi connectivity index (χ3n) is 6.58. The van der Waals surface area contributed by atoms with Gasteiger partial charge in [-0.2, -0.15) is 17.5 Å². The molecule has 0 amide bonds. The summed E-state index contributed by atoms with van der Waals surface area (Å²) >= 11 is 0. The molecule has 41 heavy (non-hydrogen) atoms. The maximum absolute atomic E-state index is 14.8. The van der Waals surface area contributed by atoms with E-state index in [1.54, 1.807) is 6.07 Å². The number of hydrogen-bond donors (Lipinski definition) is 1. The lowest BCUT2D eigenvalue weighted by atomic mass is 10.0. The second-order valence-corrected chi connectivity index (χ2v) is 11.4. The SMILES string of the molecule is CN(Cc1cc(-c2ccc3ncnc(NCc4ccccc4)c3c2)ccc1F)S(=O)(=O)c1cccc(C(F)(F)F)c1. The van der Waals surface area contributed by atoms with Crippen molar-refractivity contribution in [1.82, 2.24) is 14.3 Å². The van der Waals surface area contributed by atoms with E-state index in [1.807, 2.05) is 48.5 Å². The number of sulfonamides is 1. The Morgan fingerprint density at radius 1 is 0.854 bits per heavy atom. The highest BCUT2D eigenvalue weighted by Gasteiger charge is 2.32. The Balaban J connectivity index is 1.42. The van der Waals surface area contributed by atoms with Crippen LogP contribution < -0.4 is 5.32 Å². The number of halogens is 4. The van der Waals surface area contributed by atoms with Crippen LogP contribution in [0.15, 0.2) is 102 Å². The minimum atomic E-state index is -4.70. The van der Waals surface area contributed by atoms with Gasteiger partial charge < -0.3 is 5.32 Å². The Morgan fingerprint density at radius 3 is 2.34 bits per heavy atom. The standard InChI is InChI=1S/C30H24F4N4O2S/c1-38(41(39,40)25-9-5-8-24(16-25)30(32,33)34)18-23-14-21(10-12-27(23)31)22-11-13-28-26(15-22)29(37-19-36-28)35-17-20-6-3-2-4-7-20/h2-16,19H,17-18H2,1H3,(H,35,36,37). The van der Waals surface area contributed by atoms with Gasteiger partial charge in [0, 0.05) is 31.1 Å². The van der Waals surface area contributed by atoms with Crippen LogP contribution in [-0.2, 0) is 29.3 Å². The molecule has 210 valence electrons. The van der Waals surface area contributed by atoms with Gasteiger partial charge in [-0.05, 0) is 59.2 Å². The van der Waals surface area contributed by atoms with E-state index in [9.17, 15) is 26.0 Å². The highest BCUT2D eigenvalue weighted by molar-refractivity contribution is 7.89. The maximum atomic E-state index is 14.8. The van der Waals surface area contributed by atoms with Gasteiger partial charge in [-0.25, -0.2) is 22.8 Å². The number of anilines is 1. The molecule has 0 saturated carbocycles. The van der Waals surface area contributed by atoms with E-state index in [-0.39, 0.29) is 5.56 Å². The lowest BCUT2D eigenvalue weighted by molar-refractivity contribution is -0.137. The fourth-order valence-corrected chi connectivity index (χ4v) is 5.57. The quantitative estimate of drug-likeness (QED) is 0.203. The third kappa shape index (κ3) is 6.21. The van der Waals surface area contributed by atoms with Gasteiger partial charge in [0.15, 0.2) is 0 Å². The Morgan fingerprint density at radius 2 is 1.59 bits per heavy atom. The second kappa shape index (κ2) is 11.3. The molecule has 0 fully saturated rings. The monoisotopic (exact) mass is 580 g/mol. The summed E-state index contributed by atoms with van der Waals surface area (Å²) in [5.74, 6) is -0.0240. The van der Waals surface area contributed by atoms with Gasteiger partial charge in [0.1, 0.15) is 18.0 Å². The van der Waals surface area contributed by atoms with Crippen molar-refractivity contribution in [3.05, 3.63) is 120 Å². The molecule has 0 aliphatic carbocycles. The molecular weight excluding hydrogens is 556 g/mol. The van der Waals surface area contributed by atoms with Crippen LogP contribution in [0.25, 0.3) is 22.0 Å². The normalized spacial score (nSPS) is 12.1. The molecule has 0 bridgehead atoms. The highest BCUT2D eigenvalue weighted by Crippen LogP contribution is 2.32. The molecule has 11 heteroatoms. The van der Waals surface area contributed by atoms with Gasteiger partial charge in [-0.1, -0.05) is 48.5 Å². The molecule has 6 nitrogen and oxygen atoms in total. The largest absolute Gasteiger partial charge is 0.416 e. The highest BCUT2D eigenvalue weighted by atomic mass is 32.2. The van der Waals surface area contributed by atoms with Crippen LogP contribution in [0.3, 0.4) is 0 Å². The summed E-state index contributed by atoms with van der Waals surface area (Å²) in [5, 5.41) is 4.07. The molecule has 5 rings (SSSR count). The molecule has 0 aliphatic heterocycles. The summed E-state index contributed by atoms with van der Waals surface area (Å²) in [4.78, 5) is 8.17. The minimum absolute atomic E-state index is 0.0624. The molecule has 0 aliphatic rings. The zero-order valence-electron chi connectivity index (χ0n) is 21.7. The van der Waals surface area contributed by atoms with Gasteiger partial charge in [0.25, 0.3) is 0 Å². The molecule has 0 spiro atoms. The fourth-order valence-electron chi connectivity index (χ4n) is 4.37. The lowest BCUT2D eigenvalue weighted by Crippen LogP contribution is -2.27. The van der Waals surface area contributed by atoms with Crippen LogP contribution in [0.2, 0.25) is 0 Å². The molecule has 0 atom stereocenters. The molecule has 5 aromatic rings. The van der Waals surface area contributed by atoms with E-state index in [0.717, 1.165) is 39.0 Å². The molecule has 0 saturated heterocycles. The Labute approximate surface area is 234 Å². The summed E-state index contributed by atoms with van der Waals surface area (Å²) in [6.07, 6.45) is -3.24. The Bertz CT molecular complexity index is 1810. The van der Waals surface area contributed by atoms with E-state index < -0.39 is 39.0 Å². The van der Waals surface area contributed by atoms with Crippen molar-refractivity contribution in [1.29, 1.82) is 0 Å². The van der Waals surface area contributed by atoms with Gasteiger partial charge >= 0.3 is 6.18 Å². The van der Waals surface area contributed by atoms with Crippen LogP contribution in [0.1, 0.15) is 16.7 Å². The molecule has 1 aromatic heterocycles. The first-order chi connectivity index (χ1) is 19.5. The first kappa shape index (κ1) is 28.2. The first-order valence-electron chi connectivity index (χ1n) is 12.5. The summed E-state index contributed by atoms with van der Waals surface area (Å²) in [7, 11) is -3.14. The number of nitrogens with one attached hydrogen (secondary N) is 1. The molecule has 1 heterocycles.